The molecule has 0 aliphatic heterocycles. The van der Waals surface area contributed by atoms with Crippen LogP contribution < -0.4 is 5.32 Å². The van der Waals surface area contributed by atoms with Gasteiger partial charge in [-0.2, -0.15) is 0 Å². The van der Waals surface area contributed by atoms with E-state index in [2.05, 4.69) is 17.2 Å². The smallest absolute Gasteiger partial charge is 0.165 e. The van der Waals surface area contributed by atoms with Gasteiger partial charge in [0.15, 0.2) is 5.82 Å². The fraction of sp³-hybridized carbons (Fsp3) is 0.333. The van der Waals surface area contributed by atoms with Crippen LogP contribution in [0.15, 0.2) is 48.5 Å². The zero-order chi connectivity index (χ0) is 17.2. The number of nitrogens with zero attached hydrogens (tertiary/aromatic N) is 2. The summed E-state index contributed by atoms with van der Waals surface area (Å²) in [4.78, 5) is 9.29. The van der Waals surface area contributed by atoms with E-state index in [9.17, 15) is 4.39 Å². The minimum absolute atomic E-state index is 0.297. The molecule has 4 rings (SSSR count). The normalized spacial score (nSPS) is 20.6. The second-order valence-electron chi connectivity index (χ2n) is 6.91. The van der Waals surface area contributed by atoms with Gasteiger partial charge in [0.25, 0.3) is 0 Å². The van der Waals surface area contributed by atoms with Crippen molar-refractivity contribution in [1.82, 2.24) is 9.97 Å². The van der Waals surface area contributed by atoms with Crippen LogP contribution in [0.4, 0.5) is 10.2 Å². The first kappa shape index (κ1) is 16.0. The van der Waals surface area contributed by atoms with E-state index >= 15 is 0 Å². The fourth-order valence-electron chi connectivity index (χ4n) is 3.66. The number of anilines is 1. The molecule has 3 nitrogen and oxygen atoms in total. The number of hydrogen-bond donors (Lipinski definition) is 1. The number of rotatable bonds is 3. The standard InChI is InChI=1S/C21H22FN3/c1-14-8-2-6-12-18(14)23-21-16-10-4-7-13-19(16)24-20(25-21)15-9-3-5-11-17(15)22/h3-5,7,9-11,13-14,18H,2,6,8,12H2,1H3,(H,23,24,25)/t14-,18-/m1/s1. The molecule has 2 atom stereocenters. The van der Waals surface area contributed by atoms with Gasteiger partial charge in [0.05, 0.1) is 11.1 Å². The molecule has 128 valence electrons. The van der Waals surface area contributed by atoms with Crippen LogP contribution in [0.25, 0.3) is 22.3 Å². The number of fused-ring (bicyclic) bond motifs is 1. The van der Waals surface area contributed by atoms with Gasteiger partial charge in [-0.15, -0.1) is 0 Å². The summed E-state index contributed by atoms with van der Waals surface area (Å²) in [6.07, 6.45) is 4.92. The number of halogens is 1. The van der Waals surface area contributed by atoms with Crippen LogP contribution in [0.3, 0.4) is 0 Å². The summed E-state index contributed by atoms with van der Waals surface area (Å²) >= 11 is 0. The molecule has 0 unspecified atom stereocenters. The molecule has 1 aromatic heterocycles. The Balaban J connectivity index is 1.80. The van der Waals surface area contributed by atoms with Gasteiger partial charge < -0.3 is 5.32 Å². The molecule has 1 saturated carbocycles. The molecule has 1 aliphatic rings. The van der Waals surface area contributed by atoms with Gasteiger partial charge in [0.2, 0.25) is 0 Å². The third kappa shape index (κ3) is 3.21. The Morgan fingerprint density at radius 3 is 2.56 bits per heavy atom. The lowest BCUT2D eigenvalue weighted by Crippen LogP contribution is -2.30. The first-order valence-corrected chi connectivity index (χ1v) is 9.00. The topological polar surface area (TPSA) is 37.8 Å². The summed E-state index contributed by atoms with van der Waals surface area (Å²) in [5.41, 5.74) is 1.27. The van der Waals surface area contributed by atoms with Crippen molar-refractivity contribution in [3.05, 3.63) is 54.3 Å². The van der Waals surface area contributed by atoms with Gasteiger partial charge in [0.1, 0.15) is 11.6 Å². The molecular weight excluding hydrogens is 313 g/mol. The van der Waals surface area contributed by atoms with Gasteiger partial charge in [-0.1, -0.05) is 44.0 Å². The number of para-hydroxylation sites is 1. The molecule has 0 radical (unpaired) electrons. The lowest BCUT2D eigenvalue weighted by atomic mass is 9.86. The predicted molar refractivity (Wildman–Crippen MR) is 100.0 cm³/mol. The molecule has 1 fully saturated rings. The molecule has 4 heteroatoms. The first-order chi connectivity index (χ1) is 12.2. The SMILES string of the molecule is C[C@@H]1CCCC[C@H]1Nc1nc(-c2ccccc2F)nc2ccccc12. The summed E-state index contributed by atoms with van der Waals surface area (Å²) in [6, 6.07) is 15.0. The third-order valence-corrected chi connectivity index (χ3v) is 5.15. The van der Waals surface area contributed by atoms with E-state index in [1.807, 2.05) is 30.3 Å². The Hall–Kier alpha value is -2.49. The van der Waals surface area contributed by atoms with Crippen LogP contribution in [0, 0.1) is 11.7 Å². The number of hydrogen-bond acceptors (Lipinski definition) is 3. The maximum atomic E-state index is 14.2. The second kappa shape index (κ2) is 6.79. The van der Waals surface area contributed by atoms with Crippen LogP contribution in [0.2, 0.25) is 0 Å². The van der Waals surface area contributed by atoms with Crippen molar-refractivity contribution in [2.24, 2.45) is 5.92 Å². The number of benzene rings is 2. The summed E-state index contributed by atoms with van der Waals surface area (Å²) in [7, 11) is 0. The molecule has 1 heterocycles. The van der Waals surface area contributed by atoms with E-state index in [1.165, 1.54) is 25.3 Å². The van der Waals surface area contributed by atoms with E-state index in [0.29, 0.717) is 23.3 Å². The van der Waals surface area contributed by atoms with Crippen LogP contribution in [0.1, 0.15) is 32.6 Å². The van der Waals surface area contributed by atoms with Crippen molar-refractivity contribution < 1.29 is 4.39 Å². The Labute approximate surface area is 147 Å². The predicted octanol–water partition coefficient (Wildman–Crippen LogP) is 5.43. The van der Waals surface area contributed by atoms with Crippen molar-refractivity contribution in [3.8, 4) is 11.4 Å². The minimum Gasteiger partial charge on any atom is -0.366 e. The quantitative estimate of drug-likeness (QED) is 0.694. The highest BCUT2D eigenvalue weighted by atomic mass is 19.1. The maximum absolute atomic E-state index is 14.2. The van der Waals surface area contributed by atoms with Gasteiger partial charge >= 0.3 is 0 Å². The van der Waals surface area contributed by atoms with E-state index in [0.717, 1.165) is 23.1 Å². The fourth-order valence-corrected chi connectivity index (χ4v) is 3.66. The lowest BCUT2D eigenvalue weighted by Gasteiger charge is -2.30. The summed E-state index contributed by atoms with van der Waals surface area (Å²) in [6.45, 7) is 2.29. The van der Waals surface area contributed by atoms with Crippen molar-refractivity contribution in [3.63, 3.8) is 0 Å². The highest BCUT2D eigenvalue weighted by Gasteiger charge is 2.22. The molecule has 3 aromatic rings. The highest BCUT2D eigenvalue weighted by Crippen LogP contribution is 2.30. The monoisotopic (exact) mass is 335 g/mol. The van der Waals surface area contributed by atoms with Gasteiger partial charge in [-0.05, 0) is 43.0 Å². The second-order valence-corrected chi connectivity index (χ2v) is 6.91. The van der Waals surface area contributed by atoms with E-state index in [-0.39, 0.29) is 5.82 Å². The average Bonchev–Trinajstić information content (AvgIpc) is 2.64. The van der Waals surface area contributed by atoms with E-state index in [4.69, 9.17) is 4.98 Å². The zero-order valence-electron chi connectivity index (χ0n) is 14.4. The Morgan fingerprint density at radius 2 is 1.72 bits per heavy atom. The molecule has 1 aliphatic carbocycles. The van der Waals surface area contributed by atoms with Crippen molar-refractivity contribution in [1.29, 1.82) is 0 Å². The Morgan fingerprint density at radius 1 is 0.960 bits per heavy atom. The van der Waals surface area contributed by atoms with E-state index in [1.54, 1.807) is 12.1 Å². The van der Waals surface area contributed by atoms with Gasteiger partial charge in [-0.25, -0.2) is 14.4 Å². The van der Waals surface area contributed by atoms with Crippen LogP contribution >= 0.6 is 0 Å². The lowest BCUT2D eigenvalue weighted by molar-refractivity contribution is 0.349. The maximum Gasteiger partial charge on any atom is 0.165 e. The Kier molecular flexibility index (Phi) is 4.35. The summed E-state index contributed by atoms with van der Waals surface area (Å²) in [5.74, 6) is 1.56. The van der Waals surface area contributed by atoms with Crippen molar-refractivity contribution in [2.75, 3.05) is 5.32 Å². The van der Waals surface area contributed by atoms with Crippen LogP contribution in [-0.4, -0.2) is 16.0 Å². The minimum atomic E-state index is -0.297. The van der Waals surface area contributed by atoms with Crippen LogP contribution in [-0.2, 0) is 0 Å². The largest absolute Gasteiger partial charge is 0.366 e. The first-order valence-electron chi connectivity index (χ1n) is 9.00. The van der Waals surface area contributed by atoms with E-state index < -0.39 is 0 Å². The van der Waals surface area contributed by atoms with Gasteiger partial charge in [-0.3, -0.25) is 0 Å². The Bertz CT molecular complexity index is 893. The molecule has 0 spiro atoms. The molecule has 2 aromatic carbocycles. The molecule has 0 bridgehead atoms. The highest BCUT2D eigenvalue weighted by molar-refractivity contribution is 5.90. The van der Waals surface area contributed by atoms with Crippen molar-refractivity contribution in [2.45, 2.75) is 38.6 Å². The number of aromatic nitrogens is 2. The summed E-state index contributed by atoms with van der Waals surface area (Å²) in [5, 5.41) is 4.62. The summed E-state index contributed by atoms with van der Waals surface area (Å²) < 4.78 is 14.2. The molecular formula is C21H22FN3. The van der Waals surface area contributed by atoms with Crippen LogP contribution in [0.5, 0.6) is 0 Å². The molecule has 1 N–H and O–H groups in total. The average molecular weight is 335 g/mol. The molecule has 25 heavy (non-hydrogen) atoms. The van der Waals surface area contributed by atoms with Crippen molar-refractivity contribution >= 4 is 16.7 Å². The van der Waals surface area contributed by atoms with Gasteiger partial charge in [0, 0.05) is 11.4 Å². The zero-order valence-corrected chi connectivity index (χ0v) is 14.4. The molecule has 0 saturated heterocycles. The third-order valence-electron chi connectivity index (χ3n) is 5.15. The molecule has 0 amide bonds. The number of nitrogens with one attached hydrogen (secondary N) is 1.